The average Bonchev–Trinajstić information content (AvgIpc) is 2.25. The Morgan fingerprint density at radius 1 is 1.45 bits per heavy atom. The Hall–Kier alpha value is -2.39. The van der Waals surface area contributed by atoms with Gasteiger partial charge in [0.25, 0.3) is 11.6 Å². The SMILES string of the molecule is CN(CC(F)(F)F)C(=O)c1c(F)ccc([N+](=O)[O-])c1N. The van der Waals surface area contributed by atoms with Gasteiger partial charge in [-0.2, -0.15) is 13.2 Å². The van der Waals surface area contributed by atoms with E-state index in [4.69, 9.17) is 5.73 Å². The van der Waals surface area contributed by atoms with Crippen molar-refractivity contribution in [2.45, 2.75) is 6.18 Å². The third-order valence-corrected chi connectivity index (χ3v) is 2.35. The number of rotatable bonds is 3. The Labute approximate surface area is 109 Å². The molecule has 1 aromatic rings. The van der Waals surface area contributed by atoms with Crippen molar-refractivity contribution in [1.29, 1.82) is 0 Å². The minimum atomic E-state index is -4.68. The Kier molecular flexibility index (Phi) is 4.16. The smallest absolute Gasteiger partial charge is 0.392 e. The molecule has 1 rings (SSSR count). The fourth-order valence-electron chi connectivity index (χ4n) is 1.49. The van der Waals surface area contributed by atoms with Gasteiger partial charge in [0, 0.05) is 13.1 Å². The van der Waals surface area contributed by atoms with E-state index in [-0.39, 0.29) is 4.90 Å². The number of carbonyl (C=O) groups is 1. The summed E-state index contributed by atoms with van der Waals surface area (Å²) in [5.74, 6) is -2.62. The van der Waals surface area contributed by atoms with Crippen molar-refractivity contribution >= 4 is 17.3 Å². The van der Waals surface area contributed by atoms with E-state index in [2.05, 4.69) is 0 Å². The number of carbonyl (C=O) groups excluding carboxylic acids is 1. The maximum atomic E-state index is 13.5. The van der Waals surface area contributed by atoms with Crippen LogP contribution in [-0.4, -0.2) is 35.5 Å². The second-order valence-electron chi connectivity index (χ2n) is 3.89. The summed E-state index contributed by atoms with van der Waals surface area (Å²) >= 11 is 0. The van der Waals surface area contributed by atoms with Crippen LogP contribution in [0.5, 0.6) is 0 Å². The van der Waals surface area contributed by atoms with Gasteiger partial charge in [0.05, 0.1) is 4.92 Å². The summed E-state index contributed by atoms with van der Waals surface area (Å²) < 4.78 is 50.0. The number of nitrogens with zero attached hydrogens (tertiary/aromatic N) is 2. The zero-order valence-corrected chi connectivity index (χ0v) is 10.1. The highest BCUT2D eigenvalue weighted by Gasteiger charge is 2.34. The van der Waals surface area contributed by atoms with E-state index in [1.54, 1.807) is 0 Å². The van der Waals surface area contributed by atoms with Gasteiger partial charge in [-0.25, -0.2) is 4.39 Å². The highest BCUT2D eigenvalue weighted by atomic mass is 19.4. The molecule has 0 bridgehead atoms. The lowest BCUT2D eigenvalue weighted by atomic mass is 10.1. The van der Waals surface area contributed by atoms with Gasteiger partial charge < -0.3 is 10.6 Å². The van der Waals surface area contributed by atoms with Gasteiger partial charge in [0.1, 0.15) is 23.6 Å². The standard InChI is InChI=1S/C10H9F4N3O3/c1-16(4-10(12,13)14)9(18)7-5(11)2-3-6(8(7)15)17(19)20/h2-3H,4,15H2,1H3. The summed E-state index contributed by atoms with van der Waals surface area (Å²) in [7, 11) is 0.785. The number of benzene rings is 1. The number of hydrogen-bond acceptors (Lipinski definition) is 4. The number of hydrogen-bond donors (Lipinski definition) is 1. The van der Waals surface area contributed by atoms with Gasteiger partial charge in [-0.15, -0.1) is 0 Å². The first-order valence-electron chi connectivity index (χ1n) is 5.09. The van der Waals surface area contributed by atoms with Gasteiger partial charge in [-0.3, -0.25) is 14.9 Å². The van der Waals surface area contributed by atoms with Crippen LogP contribution in [0.4, 0.5) is 28.9 Å². The van der Waals surface area contributed by atoms with E-state index in [1.807, 2.05) is 0 Å². The number of alkyl halides is 3. The van der Waals surface area contributed by atoms with Crippen LogP contribution in [0.15, 0.2) is 12.1 Å². The molecule has 0 spiro atoms. The van der Waals surface area contributed by atoms with Crippen molar-refractivity contribution in [3.63, 3.8) is 0 Å². The molecule has 110 valence electrons. The number of amides is 1. The highest BCUT2D eigenvalue weighted by molar-refractivity contribution is 6.01. The maximum absolute atomic E-state index is 13.5. The van der Waals surface area contributed by atoms with Crippen LogP contribution in [0.25, 0.3) is 0 Å². The topological polar surface area (TPSA) is 89.5 Å². The van der Waals surface area contributed by atoms with Crippen LogP contribution >= 0.6 is 0 Å². The molecule has 0 atom stereocenters. The minimum absolute atomic E-state index is 0.179. The molecule has 0 aromatic heterocycles. The minimum Gasteiger partial charge on any atom is -0.392 e. The quantitative estimate of drug-likeness (QED) is 0.399. The van der Waals surface area contributed by atoms with Crippen molar-refractivity contribution in [3.05, 3.63) is 33.6 Å². The second-order valence-corrected chi connectivity index (χ2v) is 3.89. The van der Waals surface area contributed by atoms with Crippen molar-refractivity contribution < 1.29 is 27.3 Å². The van der Waals surface area contributed by atoms with Crippen molar-refractivity contribution in [3.8, 4) is 0 Å². The number of nitrogens with two attached hydrogens (primary N) is 1. The Morgan fingerprint density at radius 2 is 2.00 bits per heavy atom. The molecule has 2 N–H and O–H groups in total. The molecular formula is C10H9F4N3O3. The predicted molar refractivity (Wildman–Crippen MR) is 60.5 cm³/mol. The number of anilines is 1. The van der Waals surface area contributed by atoms with Crippen LogP contribution in [-0.2, 0) is 0 Å². The van der Waals surface area contributed by atoms with Crippen LogP contribution in [0, 0.1) is 15.9 Å². The van der Waals surface area contributed by atoms with E-state index in [9.17, 15) is 32.5 Å². The third-order valence-electron chi connectivity index (χ3n) is 2.35. The number of nitro benzene ring substituents is 1. The number of nitro groups is 1. The lowest BCUT2D eigenvalue weighted by molar-refractivity contribution is -0.384. The fraction of sp³-hybridized carbons (Fsp3) is 0.300. The molecule has 0 fully saturated rings. The van der Waals surface area contributed by atoms with Gasteiger partial charge >= 0.3 is 6.18 Å². The zero-order chi connectivity index (χ0) is 15.7. The van der Waals surface area contributed by atoms with Crippen molar-refractivity contribution in [1.82, 2.24) is 4.90 Å². The van der Waals surface area contributed by atoms with E-state index in [1.165, 1.54) is 0 Å². The molecule has 1 amide bonds. The Balaban J connectivity index is 3.22. The fourth-order valence-corrected chi connectivity index (χ4v) is 1.49. The monoisotopic (exact) mass is 295 g/mol. The average molecular weight is 295 g/mol. The molecule has 0 aliphatic rings. The first kappa shape index (κ1) is 15.7. The number of nitrogen functional groups attached to an aromatic ring is 1. The van der Waals surface area contributed by atoms with Gasteiger partial charge in [-0.1, -0.05) is 0 Å². The zero-order valence-electron chi connectivity index (χ0n) is 10.1. The molecule has 0 radical (unpaired) electrons. The Bertz CT molecular complexity index is 559. The van der Waals surface area contributed by atoms with E-state index >= 15 is 0 Å². The second kappa shape index (κ2) is 5.31. The normalized spacial score (nSPS) is 11.2. The molecule has 1 aromatic carbocycles. The molecule has 6 nitrogen and oxygen atoms in total. The molecule has 0 heterocycles. The van der Waals surface area contributed by atoms with E-state index in [0.29, 0.717) is 6.07 Å². The summed E-state index contributed by atoms with van der Waals surface area (Å²) in [6, 6.07) is 1.33. The molecule has 10 heteroatoms. The maximum Gasteiger partial charge on any atom is 0.406 e. The predicted octanol–water partition coefficient (Wildman–Crippen LogP) is 1.95. The summed E-state index contributed by atoms with van der Waals surface area (Å²) in [6.07, 6.45) is -4.68. The summed E-state index contributed by atoms with van der Waals surface area (Å²) in [5, 5.41) is 10.6. The molecule has 0 aliphatic heterocycles. The summed E-state index contributed by atoms with van der Waals surface area (Å²) in [6.45, 7) is -1.63. The van der Waals surface area contributed by atoms with Crippen LogP contribution in [0.3, 0.4) is 0 Å². The van der Waals surface area contributed by atoms with E-state index in [0.717, 1.165) is 13.1 Å². The van der Waals surface area contributed by atoms with Crippen molar-refractivity contribution in [2.75, 3.05) is 19.3 Å². The van der Waals surface area contributed by atoms with Crippen LogP contribution in [0.2, 0.25) is 0 Å². The molecule has 20 heavy (non-hydrogen) atoms. The lowest BCUT2D eigenvalue weighted by Crippen LogP contribution is -2.36. The molecule has 0 saturated heterocycles. The van der Waals surface area contributed by atoms with Gasteiger partial charge in [0.15, 0.2) is 0 Å². The summed E-state index contributed by atoms with van der Waals surface area (Å²) in [4.78, 5) is 21.5. The molecule has 0 unspecified atom stereocenters. The summed E-state index contributed by atoms with van der Waals surface area (Å²) in [5.41, 5.74) is 2.76. The van der Waals surface area contributed by atoms with Gasteiger partial charge in [0.2, 0.25) is 0 Å². The largest absolute Gasteiger partial charge is 0.406 e. The van der Waals surface area contributed by atoms with Crippen molar-refractivity contribution in [2.24, 2.45) is 0 Å². The van der Waals surface area contributed by atoms with Crippen LogP contribution < -0.4 is 5.73 Å². The van der Waals surface area contributed by atoms with E-state index < -0.39 is 46.3 Å². The Morgan fingerprint density at radius 3 is 2.45 bits per heavy atom. The first-order valence-corrected chi connectivity index (χ1v) is 5.09. The molecular weight excluding hydrogens is 286 g/mol. The van der Waals surface area contributed by atoms with Gasteiger partial charge in [-0.05, 0) is 6.07 Å². The molecule has 0 saturated carbocycles. The van der Waals surface area contributed by atoms with Crippen LogP contribution in [0.1, 0.15) is 10.4 Å². The number of halogens is 4. The lowest BCUT2D eigenvalue weighted by Gasteiger charge is -2.19. The first-order chi connectivity index (χ1) is 9.04. The highest BCUT2D eigenvalue weighted by Crippen LogP contribution is 2.29. The molecule has 0 aliphatic carbocycles. The third kappa shape index (κ3) is 3.33.